The number of carbonyl (C=O) groups excluding carboxylic acids is 1. The number of rotatable bonds is 5. The van der Waals surface area contributed by atoms with Crippen LogP contribution in [0.25, 0.3) is 20.9 Å². The Labute approximate surface area is 159 Å². The lowest BCUT2D eigenvalue weighted by atomic mass is 10.2. The molecule has 0 fully saturated rings. The summed E-state index contributed by atoms with van der Waals surface area (Å²) < 4.78 is 2.02. The highest BCUT2D eigenvalue weighted by Crippen LogP contribution is 2.27. The number of hydrogen-bond acceptors (Lipinski definition) is 5. The SMILES string of the molecule is Cc1ccc2c(c1)nc(CNC(=O)Cc1csc(-c3cccs3)n1)n2C. The van der Waals surface area contributed by atoms with Crippen molar-refractivity contribution >= 4 is 39.6 Å². The summed E-state index contributed by atoms with van der Waals surface area (Å²) in [5, 5.41) is 7.90. The molecule has 5 nitrogen and oxygen atoms in total. The number of aryl methyl sites for hydroxylation is 2. The van der Waals surface area contributed by atoms with E-state index in [0.29, 0.717) is 6.54 Å². The third-order valence-electron chi connectivity index (χ3n) is 4.20. The summed E-state index contributed by atoms with van der Waals surface area (Å²) in [5.74, 6) is 0.799. The number of amides is 1. The largest absolute Gasteiger partial charge is 0.349 e. The Hall–Kier alpha value is -2.51. The van der Waals surface area contributed by atoms with Crippen LogP contribution in [0.3, 0.4) is 0 Å². The zero-order valence-electron chi connectivity index (χ0n) is 14.5. The van der Waals surface area contributed by atoms with E-state index in [4.69, 9.17) is 0 Å². The number of fused-ring (bicyclic) bond motifs is 1. The molecule has 1 aromatic carbocycles. The van der Waals surface area contributed by atoms with Crippen molar-refractivity contribution < 1.29 is 4.79 Å². The molecule has 4 rings (SSSR count). The summed E-state index contributed by atoms with van der Waals surface area (Å²) in [7, 11) is 1.97. The second-order valence-corrected chi connectivity index (χ2v) is 7.96. The van der Waals surface area contributed by atoms with Gasteiger partial charge in [0.15, 0.2) is 0 Å². The quantitative estimate of drug-likeness (QED) is 0.569. The summed E-state index contributed by atoms with van der Waals surface area (Å²) >= 11 is 3.23. The van der Waals surface area contributed by atoms with Crippen molar-refractivity contribution in [2.45, 2.75) is 19.9 Å². The number of nitrogens with one attached hydrogen (secondary N) is 1. The van der Waals surface area contributed by atoms with Crippen molar-refractivity contribution in [3.8, 4) is 9.88 Å². The van der Waals surface area contributed by atoms with Gasteiger partial charge in [0.2, 0.25) is 5.91 Å². The predicted octanol–water partition coefficient (Wildman–Crippen LogP) is 3.93. The monoisotopic (exact) mass is 382 g/mol. The summed E-state index contributed by atoms with van der Waals surface area (Å²) in [4.78, 5) is 22.6. The third-order valence-corrected chi connectivity index (χ3v) is 6.13. The van der Waals surface area contributed by atoms with Crippen LogP contribution < -0.4 is 5.32 Å². The van der Waals surface area contributed by atoms with Crippen LogP contribution in [-0.2, 0) is 24.8 Å². The highest BCUT2D eigenvalue weighted by Gasteiger charge is 2.12. The van der Waals surface area contributed by atoms with Gasteiger partial charge in [0, 0.05) is 12.4 Å². The molecule has 0 aliphatic carbocycles. The molecule has 0 saturated heterocycles. The van der Waals surface area contributed by atoms with Crippen LogP contribution in [-0.4, -0.2) is 20.4 Å². The second-order valence-electron chi connectivity index (χ2n) is 6.15. The molecule has 7 heteroatoms. The molecular weight excluding hydrogens is 364 g/mol. The minimum absolute atomic E-state index is 0.0451. The van der Waals surface area contributed by atoms with Crippen molar-refractivity contribution in [1.29, 1.82) is 0 Å². The molecule has 0 spiro atoms. The Morgan fingerprint density at radius 1 is 1.23 bits per heavy atom. The highest BCUT2D eigenvalue weighted by atomic mass is 32.1. The van der Waals surface area contributed by atoms with Crippen LogP contribution in [0, 0.1) is 6.92 Å². The van der Waals surface area contributed by atoms with Crippen LogP contribution >= 0.6 is 22.7 Å². The average Bonchev–Trinajstić information content (AvgIpc) is 3.34. The van der Waals surface area contributed by atoms with Gasteiger partial charge in [-0.25, -0.2) is 9.97 Å². The minimum Gasteiger partial charge on any atom is -0.349 e. The molecule has 0 atom stereocenters. The molecule has 3 aromatic heterocycles. The van der Waals surface area contributed by atoms with Gasteiger partial charge in [-0.15, -0.1) is 22.7 Å². The highest BCUT2D eigenvalue weighted by molar-refractivity contribution is 7.20. The van der Waals surface area contributed by atoms with E-state index < -0.39 is 0 Å². The fraction of sp³-hybridized carbons (Fsp3) is 0.211. The van der Waals surface area contributed by atoms with Crippen LogP contribution in [0.2, 0.25) is 0 Å². The molecule has 4 aromatic rings. The minimum atomic E-state index is -0.0451. The molecule has 0 aliphatic rings. The maximum absolute atomic E-state index is 12.3. The molecule has 0 radical (unpaired) electrons. The summed E-state index contributed by atoms with van der Waals surface area (Å²) in [5.41, 5.74) is 4.00. The average molecular weight is 383 g/mol. The number of thiophene rings is 1. The van der Waals surface area contributed by atoms with Gasteiger partial charge in [-0.1, -0.05) is 12.1 Å². The van der Waals surface area contributed by atoms with E-state index in [1.54, 1.807) is 22.7 Å². The molecular formula is C19H18N4OS2. The van der Waals surface area contributed by atoms with E-state index in [1.165, 1.54) is 5.56 Å². The fourth-order valence-corrected chi connectivity index (χ4v) is 4.46. The Kier molecular flexibility index (Phi) is 4.57. The van der Waals surface area contributed by atoms with Crippen LogP contribution in [0.5, 0.6) is 0 Å². The maximum atomic E-state index is 12.3. The number of aromatic nitrogens is 3. The topological polar surface area (TPSA) is 59.8 Å². The lowest BCUT2D eigenvalue weighted by Crippen LogP contribution is -2.26. The van der Waals surface area contributed by atoms with Gasteiger partial charge in [0.1, 0.15) is 10.8 Å². The fourth-order valence-electron chi connectivity index (χ4n) is 2.82. The van der Waals surface area contributed by atoms with Crippen molar-refractivity contribution in [1.82, 2.24) is 19.9 Å². The van der Waals surface area contributed by atoms with Gasteiger partial charge in [0.25, 0.3) is 0 Å². The molecule has 0 aliphatic heterocycles. The van der Waals surface area contributed by atoms with Crippen LogP contribution in [0.1, 0.15) is 17.1 Å². The predicted molar refractivity (Wildman–Crippen MR) is 106 cm³/mol. The van der Waals surface area contributed by atoms with Crippen molar-refractivity contribution in [3.05, 3.63) is 58.2 Å². The number of benzene rings is 1. The Bertz CT molecular complexity index is 1060. The van der Waals surface area contributed by atoms with E-state index in [1.807, 2.05) is 41.4 Å². The normalized spacial score (nSPS) is 11.2. The Balaban J connectivity index is 1.41. The van der Waals surface area contributed by atoms with E-state index in [-0.39, 0.29) is 12.3 Å². The first-order valence-corrected chi connectivity index (χ1v) is 10.0. The van der Waals surface area contributed by atoms with Gasteiger partial charge in [-0.2, -0.15) is 0 Å². The van der Waals surface area contributed by atoms with E-state index in [9.17, 15) is 4.79 Å². The van der Waals surface area contributed by atoms with Gasteiger partial charge < -0.3 is 9.88 Å². The molecule has 0 unspecified atom stereocenters. The first kappa shape index (κ1) is 16.9. The van der Waals surface area contributed by atoms with Crippen LogP contribution in [0.4, 0.5) is 0 Å². The lowest BCUT2D eigenvalue weighted by Gasteiger charge is -2.04. The molecule has 1 amide bonds. The molecule has 132 valence electrons. The van der Waals surface area contributed by atoms with Crippen molar-refractivity contribution in [2.75, 3.05) is 0 Å². The number of nitrogens with zero attached hydrogens (tertiary/aromatic N) is 3. The summed E-state index contributed by atoms with van der Waals surface area (Å²) in [6.45, 7) is 2.46. The zero-order chi connectivity index (χ0) is 18.1. The van der Waals surface area contributed by atoms with Crippen molar-refractivity contribution in [3.63, 3.8) is 0 Å². The van der Waals surface area contributed by atoms with E-state index in [0.717, 1.165) is 32.4 Å². The first-order chi connectivity index (χ1) is 12.6. The molecule has 0 bridgehead atoms. The smallest absolute Gasteiger partial charge is 0.226 e. The van der Waals surface area contributed by atoms with Gasteiger partial charge in [-0.05, 0) is 36.1 Å². The van der Waals surface area contributed by atoms with Gasteiger partial charge in [0.05, 0.1) is 34.6 Å². The second kappa shape index (κ2) is 7.01. The lowest BCUT2D eigenvalue weighted by molar-refractivity contribution is -0.120. The van der Waals surface area contributed by atoms with Crippen LogP contribution in [0.15, 0.2) is 41.1 Å². The molecule has 3 heterocycles. The number of thiazole rings is 1. The standard InChI is InChI=1S/C19H18N4OS2/c1-12-5-6-15-14(8-12)22-17(23(15)2)10-20-18(24)9-13-11-26-19(21-13)16-4-3-7-25-16/h3-8,11H,9-10H2,1-2H3,(H,20,24). The molecule has 26 heavy (non-hydrogen) atoms. The Morgan fingerprint density at radius 3 is 2.92 bits per heavy atom. The maximum Gasteiger partial charge on any atom is 0.226 e. The summed E-state index contributed by atoms with van der Waals surface area (Å²) in [6, 6.07) is 10.2. The number of carbonyl (C=O) groups is 1. The Morgan fingerprint density at radius 2 is 2.12 bits per heavy atom. The summed E-state index contributed by atoms with van der Waals surface area (Å²) in [6.07, 6.45) is 0.283. The van der Waals surface area contributed by atoms with Gasteiger partial charge in [-0.3, -0.25) is 4.79 Å². The van der Waals surface area contributed by atoms with Crippen molar-refractivity contribution in [2.24, 2.45) is 7.05 Å². The number of hydrogen-bond donors (Lipinski definition) is 1. The van der Waals surface area contributed by atoms with E-state index >= 15 is 0 Å². The zero-order valence-corrected chi connectivity index (χ0v) is 16.2. The third kappa shape index (κ3) is 3.40. The first-order valence-electron chi connectivity index (χ1n) is 8.27. The van der Waals surface area contributed by atoms with E-state index in [2.05, 4.69) is 33.5 Å². The molecule has 1 N–H and O–H groups in total. The number of imidazole rings is 1. The molecule has 0 saturated carbocycles. The van der Waals surface area contributed by atoms with Gasteiger partial charge >= 0.3 is 0 Å².